The van der Waals surface area contributed by atoms with Gasteiger partial charge in [-0.3, -0.25) is 15.6 Å². The van der Waals surface area contributed by atoms with E-state index in [4.69, 9.17) is 5.84 Å². The largest absolute Gasteiger partial charge is 0.391 e. The minimum Gasteiger partial charge on any atom is -0.391 e. The first-order valence-corrected chi connectivity index (χ1v) is 6.43. The van der Waals surface area contributed by atoms with Gasteiger partial charge in [-0.15, -0.1) is 0 Å². The van der Waals surface area contributed by atoms with Crippen LogP contribution in [0.5, 0.6) is 0 Å². The molecular formula is C13H20N4O2. The van der Waals surface area contributed by atoms with Crippen LogP contribution in [-0.4, -0.2) is 40.1 Å². The van der Waals surface area contributed by atoms with Gasteiger partial charge in [-0.25, -0.2) is 0 Å². The molecule has 1 saturated heterocycles. The Bertz CT molecular complexity index is 478. The lowest BCUT2D eigenvalue weighted by Gasteiger charge is -2.34. The number of aliphatic hydroxyl groups is 1. The molecule has 0 aliphatic carbocycles. The van der Waals surface area contributed by atoms with Crippen molar-refractivity contribution in [1.29, 1.82) is 0 Å². The molecule has 0 radical (unpaired) electrons. The molecule has 104 valence electrons. The van der Waals surface area contributed by atoms with Gasteiger partial charge in [-0.1, -0.05) is 6.92 Å². The van der Waals surface area contributed by atoms with Crippen LogP contribution >= 0.6 is 0 Å². The van der Waals surface area contributed by atoms with Gasteiger partial charge in [0.05, 0.1) is 17.4 Å². The lowest BCUT2D eigenvalue weighted by atomic mass is 9.95. The van der Waals surface area contributed by atoms with E-state index in [1.807, 2.05) is 13.8 Å². The van der Waals surface area contributed by atoms with Crippen LogP contribution in [0.4, 0.5) is 5.69 Å². The van der Waals surface area contributed by atoms with Crippen molar-refractivity contribution in [2.45, 2.75) is 26.4 Å². The van der Waals surface area contributed by atoms with Crippen LogP contribution in [0.15, 0.2) is 12.3 Å². The van der Waals surface area contributed by atoms with Gasteiger partial charge in [0.15, 0.2) is 0 Å². The van der Waals surface area contributed by atoms with Crippen molar-refractivity contribution in [2.75, 3.05) is 18.5 Å². The first kappa shape index (κ1) is 13.8. The van der Waals surface area contributed by atoms with E-state index in [-0.39, 0.29) is 11.8 Å². The molecule has 6 nitrogen and oxygen atoms in total. The number of nitrogens with one attached hydrogen (secondary N) is 1. The van der Waals surface area contributed by atoms with Crippen LogP contribution in [0.25, 0.3) is 0 Å². The molecule has 1 amide bonds. The first-order chi connectivity index (χ1) is 9.02. The smallest absolute Gasteiger partial charge is 0.257 e. The van der Waals surface area contributed by atoms with Gasteiger partial charge in [0.2, 0.25) is 0 Å². The average Bonchev–Trinajstić information content (AvgIpc) is 2.41. The minimum atomic E-state index is -0.467. The maximum Gasteiger partial charge on any atom is 0.257 e. The number of aryl methyl sites for hydroxylation is 1. The molecule has 0 saturated carbocycles. The number of nitrogens with two attached hydrogens (primary N) is 1. The molecule has 0 aromatic carbocycles. The van der Waals surface area contributed by atoms with E-state index in [1.54, 1.807) is 11.0 Å². The summed E-state index contributed by atoms with van der Waals surface area (Å²) in [5, 5.41) is 9.86. The molecule has 0 spiro atoms. The van der Waals surface area contributed by atoms with E-state index < -0.39 is 6.10 Å². The summed E-state index contributed by atoms with van der Waals surface area (Å²) in [7, 11) is 0. The second kappa shape index (κ2) is 5.54. The Hall–Kier alpha value is -1.66. The second-order valence-electron chi connectivity index (χ2n) is 5.10. The summed E-state index contributed by atoms with van der Waals surface area (Å²) >= 11 is 0. The van der Waals surface area contributed by atoms with Crippen molar-refractivity contribution in [3.8, 4) is 0 Å². The zero-order valence-corrected chi connectivity index (χ0v) is 11.3. The number of carbonyl (C=O) groups excluding carboxylic acids is 1. The van der Waals surface area contributed by atoms with E-state index >= 15 is 0 Å². The summed E-state index contributed by atoms with van der Waals surface area (Å²) in [4.78, 5) is 18.2. The van der Waals surface area contributed by atoms with Crippen molar-refractivity contribution >= 4 is 11.6 Å². The summed E-state index contributed by atoms with van der Waals surface area (Å²) in [6, 6.07) is 1.73. The minimum absolute atomic E-state index is 0.147. The standard InChI is InChI=1S/C13H20N4O2/c1-8-3-4-17(7-12(8)18)13(19)10-6-15-9(2)5-11(10)16-14/h5-6,8,12,18H,3-4,7,14H2,1-2H3,(H,15,16). The van der Waals surface area contributed by atoms with Gasteiger partial charge in [0.1, 0.15) is 0 Å². The summed E-state index contributed by atoms with van der Waals surface area (Å²) in [5.74, 6) is 5.52. The molecule has 6 heteroatoms. The van der Waals surface area contributed by atoms with E-state index in [2.05, 4.69) is 10.4 Å². The molecule has 1 aromatic heterocycles. The third-order valence-electron chi connectivity index (χ3n) is 3.63. The summed E-state index contributed by atoms with van der Waals surface area (Å²) in [6.45, 7) is 4.83. The number of β-amino-alcohol motifs (C(OH)–C–C–N with tert-alkyl or cyclic N) is 1. The van der Waals surface area contributed by atoms with Crippen molar-refractivity contribution < 1.29 is 9.90 Å². The first-order valence-electron chi connectivity index (χ1n) is 6.43. The van der Waals surface area contributed by atoms with Gasteiger partial charge < -0.3 is 15.4 Å². The van der Waals surface area contributed by atoms with Crippen LogP contribution in [0, 0.1) is 12.8 Å². The lowest BCUT2D eigenvalue weighted by Crippen LogP contribution is -2.46. The normalized spacial score (nSPS) is 23.3. The molecule has 2 unspecified atom stereocenters. The number of piperidine rings is 1. The number of hydrogen-bond donors (Lipinski definition) is 3. The number of anilines is 1. The number of aliphatic hydroxyl groups excluding tert-OH is 1. The number of rotatable bonds is 2. The van der Waals surface area contributed by atoms with Crippen molar-refractivity contribution in [3.63, 3.8) is 0 Å². The number of nitrogens with zero attached hydrogens (tertiary/aromatic N) is 2. The molecule has 1 aromatic rings. The number of hydrazine groups is 1. The molecule has 19 heavy (non-hydrogen) atoms. The van der Waals surface area contributed by atoms with Crippen molar-refractivity contribution in [1.82, 2.24) is 9.88 Å². The van der Waals surface area contributed by atoms with E-state index in [0.717, 1.165) is 12.1 Å². The Morgan fingerprint density at radius 2 is 2.37 bits per heavy atom. The maximum absolute atomic E-state index is 12.4. The Morgan fingerprint density at radius 3 is 3.00 bits per heavy atom. The van der Waals surface area contributed by atoms with E-state index in [1.165, 1.54) is 6.20 Å². The topological polar surface area (TPSA) is 91.5 Å². The molecule has 1 fully saturated rings. The summed E-state index contributed by atoms with van der Waals surface area (Å²) < 4.78 is 0. The Balaban J connectivity index is 2.20. The highest BCUT2D eigenvalue weighted by Crippen LogP contribution is 2.22. The molecule has 2 heterocycles. The van der Waals surface area contributed by atoms with E-state index in [0.29, 0.717) is 24.3 Å². The maximum atomic E-state index is 12.4. The van der Waals surface area contributed by atoms with Gasteiger partial charge in [0.25, 0.3) is 5.91 Å². The predicted molar refractivity (Wildman–Crippen MR) is 72.5 cm³/mol. The van der Waals surface area contributed by atoms with Crippen LogP contribution in [0.3, 0.4) is 0 Å². The van der Waals surface area contributed by atoms with Gasteiger partial charge in [0, 0.05) is 25.0 Å². The molecule has 2 rings (SSSR count). The number of nitrogen functional groups attached to an aromatic ring is 1. The lowest BCUT2D eigenvalue weighted by molar-refractivity contribution is 0.0249. The molecular weight excluding hydrogens is 244 g/mol. The number of aromatic nitrogens is 1. The van der Waals surface area contributed by atoms with E-state index in [9.17, 15) is 9.90 Å². The van der Waals surface area contributed by atoms with Gasteiger partial charge in [-0.05, 0) is 25.3 Å². The molecule has 1 aliphatic rings. The summed E-state index contributed by atoms with van der Waals surface area (Å²) in [6.07, 6.45) is 1.86. The molecule has 2 atom stereocenters. The number of pyridine rings is 1. The highest BCUT2D eigenvalue weighted by atomic mass is 16.3. The third kappa shape index (κ3) is 2.85. The van der Waals surface area contributed by atoms with Crippen molar-refractivity contribution in [3.05, 3.63) is 23.5 Å². The highest BCUT2D eigenvalue weighted by Gasteiger charge is 2.28. The Kier molecular flexibility index (Phi) is 4.01. The SMILES string of the molecule is Cc1cc(NN)c(C(=O)N2CCC(C)C(O)C2)cn1. The molecule has 1 aliphatic heterocycles. The zero-order chi connectivity index (χ0) is 14.0. The summed E-state index contributed by atoms with van der Waals surface area (Å²) in [5.41, 5.74) is 4.32. The van der Waals surface area contributed by atoms with Gasteiger partial charge in [-0.2, -0.15) is 0 Å². The quantitative estimate of drug-likeness (QED) is 0.535. The van der Waals surface area contributed by atoms with Gasteiger partial charge >= 0.3 is 0 Å². The number of carbonyl (C=O) groups is 1. The average molecular weight is 264 g/mol. The fraction of sp³-hybridized carbons (Fsp3) is 0.538. The fourth-order valence-corrected chi connectivity index (χ4v) is 2.25. The van der Waals surface area contributed by atoms with Crippen molar-refractivity contribution in [2.24, 2.45) is 11.8 Å². The predicted octanol–water partition coefficient (Wildman–Crippen LogP) is 0.519. The fourth-order valence-electron chi connectivity index (χ4n) is 2.25. The third-order valence-corrected chi connectivity index (χ3v) is 3.63. The zero-order valence-electron chi connectivity index (χ0n) is 11.3. The molecule has 0 bridgehead atoms. The number of likely N-dealkylation sites (tertiary alicyclic amines) is 1. The Morgan fingerprint density at radius 1 is 1.63 bits per heavy atom. The van der Waals surface area contributed by atoms with Crippen LogP contribution in [0.2, 0.25) is 0 Å². The second-order valence-corrected chi connectivity index (χ2v) is 5.10. The monoisotopic (exact) mass is 264 g/mol. The number of hydrogen-bond acceptors (Lipinski definition) is 5. The molecule has 4 N–H and O–H groups in total. The van der Waals surface area contributed by atoms with Crippen LogP contribution in [-0.2, 0) is 0 Å². The highest BCUT2D eigenvalue weighted by molar-refractivity contribution is 5.99. The Labute approximate surface area is 112 Å². The number of amides is 1. The van der Waals surface area contributed by atoms with Crippen LogP contribution in [0.1, 0.15) is 29.4 Å². The van der Waals surface area contributed by atoms with Crippen LogP contribution < -0.4 is 11.3 Å².